The van der Waals surface area contributed by atoms with Crippen LogP contribution in [0.4, 0.5) is 0 Å². The van der Waals surface area contributed by atoms with Crippen LogP contribution in [0, 0.1) is 0 Å². The lowest BCUT2D eigenvalue weighted by molar-refractivity contribution is -0.139. The van der Waals surface area contributed by atoms with Crippen LogP contribution in [-0.4, -0.2) is 31.4 Å². The zero-order valence-electron chi connectivity index (χ0n) is 20.5. The zero-order chi connectivity index (χ0) is 25.8. The summed E-state index contributed by atoms with van der Waals surface area (Å²) in [5.41, 5.74) is 1.97. The average Bonchev–Trinajstić information content (AvgIpc) is 3.18. The van der Waals surface area contributed by atoms with Crippen molar-refractivity contribution in [1.82, 2.24) is 4.57 Å². The van der Waals surface area contributed by atoms with Crippen LogP contribution in [0.5, 0.6) is 11.5 Å². The predicted octanol–water partition coefficient (Wildman–Crippen LogP) is 4.25. The van der Waals surface area contributed by atoms with E-state index in [2.05, 4.69) is 0 Å². The molecule has 0 radical (unpaired) electrons. The van der Waals surface area contributed by atoms with Gasteiger partial charge in [0.15, 0.2) is 4.80 Å². The standard InChI is InChI=1S/C27H27ClN2O5S/c1-5-9-19-23(26(32)35-6-2)24(18-15-17(28)12-13-21(18)34-4)30-25(31)22(36-27(30)29-19)14-16-10-7-8-11-20(16)33-3/h7-8,10-15,24H,5-6,9H2,1-4H3/b22-14+/t24-/m1/s1. The Balaban J connectivity index is 2.06. The van der Waals surface area contributed by atoms with Gasteiger partial charge in [-0.15, -0.1) is 0 Å². The lowest BCUT2D eigenvalue weighted by Gasteiger charge is -2.27. The highest BCUT2D eigenvalue weighted by molar-refractivity contribution is 7.07. The fourth-order valence-corrected chi connectivity index (χ4v) is 5.45. The number of ether oxygens (including phenoxy) is 3. The maximum Gasteiger partial charge on any atom is 0.338 e. The van der Waals surface area contributed by atoms with E-state index in [9.17, 15) is 9.59 Å². The van der Waals surface area contributed by atoms with Crippen molar-refractivity contribution in [3.63, 3.8) is 0 Å². The molecular formula is C27H27ClN2O5S. The maximum absolute atomic E-state index is 13.9. The third-order valence-corrected chi connectivity index (χ3v) is 7.02. The van der Waals surface area contributed by atoms with Gasteiger partial charge in [-0.05, 0) is 43.7 Å². The largest absolute Gasteiger partial charge is 0.496 e. The van der Waals surface area contributed by atoms with Gasteiger partial charge in [-0.1, -0.05) is 54.5 Å². The quantitative estimate of drug-likeness (QED) is 0.410. The molecule has 0 fully saturated rings. The van der Waals surface area contributed by atoms with E-state index in [0.29, 0.717) is 49.1 Å². The van der Waals surface area contributed by atoms with Gasteiger partial charge < -0.3 is 14.2 Å². The number of methoxy groups -OCH3 is 2. The second kappa shape index (κ2) is 11.1. The molecular weight excluding hydrogens is 500 g/mol. The number of thiazole rings is 1. The Hall–Kier alpha value is -3.36. The summed E-state index contributed by atoms with van der Waals surface area (Å²) >= 11 is 7.64. The Bertz CT molecular complexity index is 1510. The van der Waals surface area contributed by atoms with Crippen molar-refractivity contribution >= 4 is 35.0 Å². The molecule has 1 aliphatic heterocycles. The number of carbonyl (C=O) groups is 1. The molecule has 188 valence electrons. The minimum Gasteiger partial charge on any atom is -0.496 e. The Kier molecular flexibility index (Phi) is 7.96. The molecule has 0 aliphatic carbocycles. The number of carbonyl (C=O) groups excluding carboxylic acids is 1. The molecule has 9 heteroatoms. The summed E-state index contributed by atoms with van der Waals surface area (Å²) < 4.78 is 18.5. The van der Waals surface area contributed by atoms with E-state index < -0.39 is 12.0 Å². The monoisotopic (exact) mass is 526 g/mol. The van der Waals surface area contributed by atoms with Crippen molar-refractivity contribution < 1.29 is 19.0 Å². The summed E-state index contributed by atoms with van der Waals surface area (Å²) in [6, 6.07) is 11.8. The average molecular weight is 527 g/mol. The Labute approximate surface area is 217 Å². The van der Waals surface area contributed by atoms with Gasteiger partial charge in [0.05, 0.1) is 36.6 Å². The zero-order valence-corrected chi connectivity index (χ0v) is 22.1. The summed E-state index contributed by atoms with van der Waals surface area (Å²) in [4.78, 5) is 32.4. The third-order valence-electron chi connectivity index (χ3n) is 5.80. The number of para-hydroxylation sites is 1. The molecule has 1 aromatic heterocycles. The van der Waals surface area contributed by atoms with Crippen LogP contribution in [0.25, 0.3) is 6.08 Å². The molecule has 36 heavy (non-hydrogen) atoms. The molecule has 0 N–H and O–H groups in total. The van der Waals surface area contributed by atoms with Crippen LogP contribution in [0.3, 0.4) is 0 Å². The first kappa shape index (κ1) is 25.7. The van der Waals surface area contributed by atoms with Gasteiger partial charge in [0.2, 0.25) is 0 Å². The molecule has 2 heterocycles. The predicted molar refractivity (Wildman–Crippen MR) is 141 cm³/mol. The van der Waals surface area contributed by atoms with Crippen molar-refractivity contribution in [1.29, 1.82) is 0 Å². The van der Waals surface area contributed by atoms with Crippen molar-refractivity contribution in [3.05, 3.63) is 89.6 Å². The smallest absolute Gasteiger partial charge is 0.338 e. The molecule has 0 saturated carbocycles. The molecule has 1 atom stereocenters. The van der Waals surface area contributed by atoms with E-state index in [0.717, 1.165) is 12.0 Å². The topological polar surface area (TPSA) is 79.1 Å². The summed E-state index contributed by atoms with van der Waals surface area (Å²) in [5, 5.41) is 0.458. The number of benzene rings is 2. The van der Waals surface area contributed by atoms with Crippen LogP contribution in [0.1, 0.15) is 43.9 Å². The van der Waals surface area contributed by atoms with Gasteiger partial charge in [0.1, 0.15) is 17.5 Å². The molecule has 7 nitrogen and oxygen atoms in total. The summed E-state index contributed by atoms with van der Waals surface area (Å²) in [5.74, 6) is 0.634. The number of hydrogen-bond donors (Lipinski definition) is 0. The third kappa shape index (κ3) is 4.83. The van der Waals surface area contributed by atoms with Gasteiger partial charge in [-0.25, -0.2) is 9.79 Å². The van der Waals surface area contributed by atoms with Gasteiger partial charge in [0, 0.05) is 16.1 Å². The van der Waals surface area contributed by atoms with Gasteiger partial charge in [-0.2, -0.15) is 0 Å². The van der Waals surface area contributed by atoms with Crippen molar-refractivity contribution in [2.75, 3.05) is 20.8 Å². The summed E-state index contributed by atoms with van der Waals surface area (Å²) in [6.07, 6.45) is 3.09. The number of esters is 1. The summed E-state index contributed by atoms with van der Waals surface area (Å²) in [7, 11) is 3.13. The minimum atomic E-state index is -0.810. The molecule has 0 spiro atoms. The number of halogens is 1. The van der Waals surface area contributed by atoms with Crippen molar-refractivity contribution in [2.24, 2.45) is 4.99 Å². The minimum absolute atomic E-state index is 0.194. The maximum atomic E-state index is 13.9. The molecule has 0 saturated heterocycles. The number of nitrogens with zero attached hydrogens (tertiary/aromatic N) is 2. The number of rotatable bonds is 8. The Morgan fingerprint density at radius 3 is 2.58 bits per heavy atom. The van der Waals surface area contributed by atoms with Gasteiger partial charge in [0.25, 0.3) is 5.56 Å². The first-order chi connectivity index (χ1) is 17.4. The van der Waals surface area contributed by atoms with Gasteiger partial charge in [-0.3, -0.25) is 9.36 Å². The molecule has 4 rings (SSSR count). The number of fused-ring (bicyclic) bond motifs is 1. The highest BCUT2D eigenvalue weighted by atomic mass is 35.5. The Morgan fingerprint density at radius 2 is 1.89 bits per heavy atom. The summed E-state index contributed by atoms with van der Waals surface area (Å²) in [6.45, 7) is 3.95. The van der Waals surface area contributed by atoms with Crippen LogP contribution in [0.15, 0.2) is 63.5 Å². The normalized spacial score (nSPS) is 15.4. The molecule has 0 unspecified atom stereocenters. The molecule has 2 aromatic carbocycles. The van der Waals surface area contributed by atoms with Crippen LogP contribution >= 0.6 is 22.9 Å². The Morgan fingerprint density at radius 1 is 1.14 bits per heavy atom. The van der Waals surface area contributed by atoms with Crippen molar-refractivity contribution in [3.8, 4) is 11.5 Å². The first-order valence-electron chi connectivity index (χ1n) is 11.6. The van der Waals surface area contributed by atoms with E-state index in [-0.39, 0.29) is 12.2 Å². The lowest BCUT2D eigenvalue weighted by atomic mass is 9.93. The van der Waals surface area contributed by atoms with E-state index in [4.69, 9.17) is 30.8 Å². The fourth-order valence-electron chi connectivity index (χ4n) is 4.26. The van der Waals surface area contributed by atoms with Gasteiger partial charge >= 0.3 is 5.97 Å². The second-order valence-electron chi connectivity index (χ2n) is 8.04. The van der Waals surface area contributed by atoms with Crippen LogP contribution < -0.4 is 24.4 Å². The van der Waals surface area contributed by atoms with E-state index in [1.165, 1.54) is 15.9 Å². The molecule has 0 amide bonds. The van der Waals surface area contributed by atoms with E-state index >= 15 is 0 Å². The van der Waals surface area contributed by atoms with Crippen LogP contribution in [0.2, 0.25) is 5.02 Å². The number of allylic oxidation sites excluding steroid dienone is 1. The SMILES string of the molecule is CCCC1=C(C(=O)OCC)[C@@H](c2cc(Cl)ccc2OC)n2c(s/c(=C/c3ccccc3OC)c2=O)=N1. The van der Waals surface area contributed by atoms with E-state index in [1.807, 2.05) is 31.2 Å². The first-order valence-corrected chi connectivity index (χ1v) is 12.8. The van der Waals surface area contributed by atoms with Crippen molar-refractivity contribution in [2.45, 2.75) is 32.7 Å². The highest BCUT2D eigenvalue weighted by Gasteiger charge is 2.36. The molecule has 3 aromatic rings. The van der Waals surface area contributed by atoms with E-state index in [1.54, 1.807) is 45.4 Å². The van der Waals surface area contributed by atoms with Crippen LogP contribution in [-0.2, 0) is 9.53 Å². The molecule has 0 bridgehead atoms. The molecule has 1 aliphatic rings. The fraction of sp³-hybridized carbons (Fsp3) is 0.296. The number of hydrogen-bond acceptors (Lipinski definition) is 7. The number of aromatic nitrogens is 1. The second-order valence-corrected chi connectivity index (χ2v) is 9.49. The highest BCUT2D eigenvalue weighted by Crippen LogP contribution is 2.38. The lowest BCUT2D eigenvalue weighted by Crippen LogP contribution is -2.40.